The summed E-state index contributed by atoms with van der Waals surface area (Å²) in [7, 11) is 0. The number of nitriles is 2. The third-order valence-electron chi connectivity index (χ3n) is 5.29. The molecule has 1 atom stereocenters. The summed E-state index contributed by atoms with van der Waals surface area (Å²) in [6.07, 6.45) is 12.7. The Hall–Kier alpha value is -1.99. The molecule has 0 heterocycles. The van der Waals surface area contributed by atoms with Gasteiger partial charge in [-0.25, -0.2) is 5.53 Å². The van der Waals surface area contributed by atoms with Gasteiger partial charge in [0.2, 0.25) is 0 Å². The minimum atomic E-state index is -0.658. The first-order valence-corrected chi connectivity index (χ1v) is 11.7. The van der Waals surface area contributed by atoms with Gasteiger partial charge in [-0.1, -0.05) is 53.4 Å². The van der Waals surface area contributed by atoms with E-state index in [0.717, 1.165) is 0 Å². The summed E-state index contributed by atoms with van der Waals surface area (Å²) in [6.45, 7) is 15.0. The van der Waals surface area contributed by atoms with Crippen LogP contribution in [0.3, 0.4) is 0 Å². The zero-order valence-corrected chi connectivity index (χ0v) is 19.8. The van der Waals surface area contributed by atoms with Crippen molar-refractivity contribution in [2.24, 2.45) is 5.11 Å². The van der Waals surface area contributed by atoms with Crippen LogP contribution in [0.1, 0.15) is 98.3 Å². The van der Waals surface area contributed by atoms with Crippen molar-refractivity contribution < 1.29 is 14.0 Å². The van der Waals surface area contributed by atoms with E-state index in [-0.39, 0.29) is 19.3 Å². The number of hydrogen-bond donors (Lipinski definition) is 1. The molecule has 1 N–H and O–H groups in total. The molecule has 0 spiro atoms. The van der Waals surface area contributed by atoms with Crippen LogP contribution >= 0.6 is 0 Å². The molecule has 0 aromatic rings. The summed E-state index contributed by atoms with van der Waals surface area (Å²) in [5.41, 5.74) is 6.67. The van der Waals surface area contributed by atoms with E-state index in [1.807, 2.05) is 6.07 Å². The average molecular weight is 423 g/mol. The largest absolute Gasteiger partial charge is 0.351 e. The van der Waals surface area contributed by atoms with Gasteiger partial charge >= 0.3 is 5.97 Å². The van der Waals surface area contributed by atoms with Gasteiger partial charge in [0.25, 0.3) is 6.26 Å². The average Bonchev–Trinajstić information content (AvgIpc) is 2.76. The van der Waals surface area contributed by atoms with Crippen molar-refractivity contribution in [1.29, 1.82) is 16.1 Å². The lowest BCUT2D eigenvalue weighted by atomic mass is 10.1. The van der Waals surface area contributed by atoms with E-state index in [1.165, 1.54) is 88.3 Å². The van der Waals surface area contributed by atoms with Crippen LogP contribution in [0.4, 0.5) is 0 Å². The van der Waals surface area contributed by atoms with Gasteiger partial charge < -0.3 is 9.22 Å². The first-order valence-electron chi connectivity index (χ1n) is 11.7. The molecule has 0 fully saturated rings. The van der Waals surface area contributed by atoms with Crippen LogP contribution in [-0.2, 0) is 9.53 Å². The zero-order valence-electron chi connectivity index (χ0n) is 19.8. The summed E-state index contributed by atoms with van der Waals surface area (Å²) in [6, 6.07) is 1.37. The van der Waals surface area contributed by atoms with Crippen LogP contribution in [0.15, 0.2) is 5.11 Å². The molecular formula is C23H44N5O2+. The smallest absolute Gasteiger partial charge is 0.321 e. The van der Waals surface area contributed by atoms with Crippen LogP contribution in [-0.4, -0.2) is 42.7 Å². The van der Waals surface area contributed by atoms with Gasteiger partial charge in [0, 0.05) is 6.42 Å². The number of carbonyl (C=O) groups excluding carboxylic acids is 1. The third-order valence-corrected chi connectivity index (χ3v) is 5.29. The second-order valence-corrected chi connectivity index (χ2v) is 7.90. The van der Waals surface area contributed by atoms with Crippen molar-refractivity contribution in [1.82, 2.24) is 0 Å². The molecule has 0 aliphatic carbocycles. The fourth-order valence-corrected chi connectivity index (χ4v) is 3.35. The van der Waals surface area contributed by atoms with E-state index in [4.69, 9.17) is 16.1 Å². The Morgan fingerprint density at radius 3 is 1.67 bits per heavy atom. The highest BCUT2D eigenvalue weighted by atomic mass is 16.5. The van der Waals surface area contributed by atoms with E-state index in [0.29, 0.717) is 0 Å². The van der Waals surface area contributed by atoms with Gasteiger partial charge in [-0.15, -0.1) is 5.26 Å². The zero-order chi connectivity index (χ0) is 23.1. The quantitative estimate of drug-likeness (QED) is 0.132. The predicted octanol–water partition coefficient (Wildman–Crippen LogP) is 6.11. The molecule has 7 nitrogen and oxygen atoms in total. The van der Waals surface area contributed by atoms with Gasteiger partial charge in [-0.2, -0.15) is 10.4 Å². The second kappa shape index (κ2) is 21.7. The lowest BCUT2D eigenvalue weighted by Crippen LogP contribution is -2.50. The molecule has 0 aliphatic heterocycles. The van der Waals surface area contributed by atoms with Crippen molar-refractivity contribution in [3.8, 4) is 12.3 Å². The maximum atomic E-state index is 10.6. The first kappa shape index (κ1) is 30.2. The van der Waals surface area contributed by atoms with Gasteiger partial charge in [0.05, 0.1) is 44.7 Å². The number of nitrogens with one attached hydrogen (secondary N) is 1. The Labute approximate surface area is 184 Å². The topological polar surface area (TPSA) is 110 Å². The standard InChI is InChI=1S/C16H36N.C7H8N4O2/c1-5-9-13-17(14-10-6-2,15-11-7-3)16-12-8-4;8-4-3-6(11-10)1-2-7(12)13-5-9/h5-16H2,1-4H3;6,10H,1-3H2/q+1;. The number of rotatable bonds is 17. The monoisotopic (exact) mass is 422 g/mol. The van der Waals surface area contributed by atoms with Crippen LogP contribution in [0.25, 0.3) is 0 Å². The molecule has 0 amide bonds. The summed E-state index contributed by atoms with van der Waals surface area (Å²) in [4.78, 5) is 10.6. The summed E-state index contributed by atoms with van der Waals surface area (Å²) in [5, 5.41) is 19.4. The molecule has 0 saturated carbocycles. The Kier molecular flexibility index (Phi) is 21.9. The van der Waals surface area contributed by atoms with E-state index in [9.17, 15) is 4.79 Å². The van der Waals surface area contributed by atoms with Gasteiger partial charge in [0.1, 0.15) is 0 Å². The molecular weight excluding hydrogens is 378 g/mol. The van der Waals surface area contributed by atoms with Crippen LogP contribution in [0.2, 0.25) is 0 Å². The number of hydrogen-bond acceptors (Lipinski definition) is 6. The number of esters is 1. The number of quaternary nitrogens is 1. The molecule has 0 aliphatic rings. The number of ether oxygens (including phenoxy) is 1. The molecule has 0 radical (unpaired) electrons. The van der Waals surface area contributed by atoms with Crippen LogP contribution < -0.4 is 0 Å². The minimum absolute atomic E-state index is 0.00227. The highest BCUT2D eigenvalue weighted by Crippen LogP contribution is 2.16. The van der Waals surface area contributed by atoms with Crippen LogP contribution in [0.5, 0.6) is 0 Å². The van der Waals surface area contributed by atoms with Crippen molar-refractivity contribution in [3.63, 3.8) is 0 Å². The summed E-state index contributed by atoms with van der Waals surface area (Å²) < 4.78 is 5.42. The van der Waals surface area contributed by atoms with E-state index < -0.39 is 12.0 Å². The molecule has 0 aromatic heterocycles. The molecule has 7 heteroatoms. The van der Waals surface area contributed by atoms with Gasteiger partial charge in [-0.05, 0) is 32.1 Å². The molecule has 0 saturated heterocycles. The maximum absolute atomic E-state index is 10.6. The van der Waals surface area contributed by atoms with Gasteiger partial charge in [0.15, 0.2) is 0 Å². The first-order chi connectivity index (χ1) is 14.5. The Bertz CT molecular complexity index is 473. The summed E-state index contributed by atoms with van der Waals surface area (Å²) >= 11 is 0. The fourth-order valence-electron chi connectivity index (χ4n) is 3.35. The highest BCUT2D eigenvalue weighted by molar-refractivity contribution is 5.70. The molecule has 0 aromatic carbocycles. The van der Waals surface area contributed by atoms with Crippen molar-refractivity contribution >= 4 is 5.97 Å². The molecule has 30 heavy (non-hydrogen) atoms. The minimum Gasteiger partial charge on any atom is -0.351 e. The lowest BCUT2D eigenvalue weighted by molar-refractivity contribution is -0.929. The number of carbonyl (C=O) groups is 1. The van der Waals surface area contributed by atoms with E-state index >= 15 is 0 Å². The third kappa shape index (κ3) is 16.9. The lowest BCUT2D eigenvalue weighted by Gasteiger charge is -2.39. The second-order valence-electron chi connectivity index (χ2n) is 7.90. The number of nitrogens with zero attached hydrogens (tertiary/aromatic N) is 4. The van der Waals surface area contributed by atoms with E-state index in [2.05, 4.69) is 37.5 Å². The molecule has 1 unspecified atom stereocenters. The predicted molar refractivity (Wildman–Crippen MR) is 119 cm³/mol. The molecule has 0 bridgehead atoms. The van der Waals surface area contributed by atoms with Crippen molar-refractivity contribution in [2.75, 3.05) is 26.2 Å². The Morgan fingerprint density at radius 1 is 0.933 bits per heavy atom. The SMILES string of the molecule is CCCC[N+](CCCC)(CCCC)CCCC.N#CCC(CCC(=O)OC#N)N=N. The van der Waals surface area contributed by atoms with Crippen molar-refractivity contribution in [2.45, 2.75) is 104 Å². The number of unbranched alkanes of at least 4 members (excludes halogenated alkanes) is 4. The maximum Gasteiger partial charge on any atom is 0.321 e. The molecule has 172 valence electrons. The molecule has 0 rings (SSSR count). The van der Waals surface area contributed by atoms with Crippen LogP contribution in [0, 0.1) is 28.4 Å². The van der Waals surface area contributed by atoms with E-state index in [1.54, 1.807) is 0 Å². The Morgan fingerprint density at radius 2 is 1.37 bits per heavy atom. The van der Waals surface area contributed by atoms with Gasteiger partial charge in [-0.3, -0.25) is 4.79 Å². The Balaban J connectivity index is 0. The normalized spacial score (nSPS) is 11.4. The highest BCUT2D eigenvalue weighted by Gasteiger charge is 2.24. The summed E-state index contributed by atoms with van der Waals surface area (Å²) in [5.74, 6) is -0.658. The fraction of sp³-hybridized carbons (Fsp3) is 0.870. The van der Waals surface area contributed by atoms with Crippen molar-refractivity contribution in [3.05, 3.63) is 0 Å².